The van der Waals surface area contributed by atoms with Gasteiger partial charge in [-0.25, -0.2) is 0 Å². The van der Waals surface area contributed by atoms with Gasteiger partial charge in [-0.15, -0.1) is 0 Å². The lowest BCUT2D eigenvalue weighted by Gasteiger charge is -2.33. The maximum Gasteiger partial charge on any atom is 0.406 e. The second-order valence-electron chi connectivity index (χ2n) is 4.95. The fraction of sp³-hybridized carbons (Fsp3) is 0.917. The molecule has 1 rings (SSSR count). The maximum atomic E-state index is 12.4. The topological polar surface area (TPSA) is 32.3 Å². The smallest absolute Gasteiger partial charge is 0.333 e. The molecule has 0 radical (unpaired) electrons. The minimum atomic E-state index is -4.32. The number of nitrogens with zero attached hydrogens (tertiary/aromatic N) is 1. The van der Waals surface area contributed by atoms with E-state index in [1.165, 1.54) is 0 Å². The number of hydrogen-bond acceptors (Lipinski definition) is 2. The molecule has 106 valence electrons. The van der Waals surface area contributed by atoms with Crippen LogP contribution in [-0.2, 0) is 4.79 Å². The number of alkyl halides is 3. The molecule has 0 aromatic carbocycles. The van der Waals surface area contributed by atoms with Gasteiger partial charge in [0, 0.05) is 12.5 Å². The fourth-order valence-corrected chi connectivity index (χ4v) is 2.37. The molecule has 0 aromatic rings. The summed E-state index contributed by atoms with van der Waals surface area (Å²) in [5.41, 5.74) is 0. The summed E-state index contributed by atoms with van der Waals surface area (Å²) in [6, 6.07) is 0. The van der Waals surface area contributed by atoms with Gasteiger partial charge in [-0.3, -0.25) is 4.79 Å². The number of carbonyl (C=O) groups is 1. The van der Waals surface area contributed by atoms with Crippen LogP contribution in [0.15, 0.2) is 0 Å². The molecule has 0 saturated carbocycles. The largest absolute Gasteiger partial charge is 0.406 e. The molecule has 1 amide bonds. The molecule has 6 heteroatoms. The summed E-state index contributed by atoms with van der Waals surface area (Å²) in [6.07, 6.45) is -3.15. The van der Waals surface area contributed by atoms with Gasteiger partial charge in [-0.1, -0.05) is 13.8 Å². The first-order valence-corrected chi connectivity index (χ1v) is 6.41. The number of rotatable bonds is 4. The predicted molar refractivity (Wildman–Crippen MR) is 63.1 cm³/mol. The van der Waals surface area contributed by atoms with E-state index in [4.69, 9.17) is 0 Å². The lowest BCUT2D eigenvalue weighted by atomic mass is 9.86. The molecule has 1 N–H and O–H groups in total. The Kier molecular flexibility index (Phi) is 5.44. The lowest BCUT2D eigenvalue weighted by molar-refractivity contribution is -0.165. The Hall–Kier alpha value is -0.780. The minimum Gasteiger partial charge on any atom is -0.333 e. The minimum absolute atomic E-state index is 0.0961. The normalized spacial score (nSPS) is 24.9. The van der Waals surface area contributed by atoms with E-state index >= 15 is 0 Å². The Morgan fingerprint density at radius 3 is 2.61 bits per heavy atom. The van der Waals surface area contributed by atoms with E-state index in [0.29, 0.717) is 25.9 Å². The first-order valence-electron chi connectivity index (χ1n) is 6.41. The van der Waals surface area contributed by atoms with Gasteiger partial charge >= 0.3 is 6.18 Å². The molecule has 0 aromatic heterocycles. The number of hydrogen-bond donors (Lipinski definition) is 1. The average Bonchev–Trinajstić information content (AvgIpc) is 2.26. The van der Waals surface area contributed by atoms with Gasteiger partial charge in [0.15, 0.2) is 0 Å². The van der Waals surface area contributed by atoms with Gasteiger partial charge in [0.1, 0.15) is 6.54 Å². The Balaban J connectivity index is 2.68. The lowest BCUT2D eigenvalue weighted by Crippen LogP contribution is -2.48. The molecule has 18 heavy (non-hydrogen) atoms. The highest BCUT2D eigenvalue weighted by Crippen LogP contribution is 2.24. The Morgan fingerprint density at radius 2 is 2.11 bits per heavy atom. The van der Waals surface area contributed by atoms with Crippen molar-refractivity contribution in [2.75, 3.05) is 26.2 Å². The third-order valence-electron chi connectivity index (χ3n) is 3.28. The second kappa shape index (κ2) is 6.41. The van der Waals surface area contributed by atoms with Gasteiger partial charge in [-0.05, 0) is 31.8 Å². The summed E-state index contributed by atoms with van der Waals surface area (Å²) in [5, 5.41) is 3.15. The van der Waals surface area contributed by atoms with Crippen LogP contribution < -0.4 is 5.32 Å². The van der Waals surface area contributed by atoms with E-state index in [-0.39, 0.29) is 24.3 Å². The van der Waals surface area contributed by atoms with Crippen molar-refractivity contribution in [2.24, 2.45) is 11.8 Å². The van der Waals surface area contributed by atoms with Crippen molar-refractivity contribution in [3.63, 3.8) is 0 Å². The third kappa shape index (κ3) is 4.48. The van der Waals surface area contributed by atoms with Crippen molar-refractivity contribution < 1.29 is 18.0 Å². The first-order chi connectivity index (χ1) is 8.35. The Labute approximate surface area is 106 Å². The van der Waals surface area contributed by atoms with Crippen molar-refractivity contribution in [1.82, 2.24) is 10.2 Å². The van der Waals surface area contributed by atoms with Crippen LogP contribution in [0.25, 0.3) is 0 Å². The number of nitrogens with one attached hydrogen (secondary N) is 1. The van der Waals surface area contributed by atoms with E-state index in [1.807, 2.05) is 6.92 Å². The van der Waals surface area contributed by atoms with E-state index in [0.717, 1.165) is 4.90 Å². The zero-order valence-electron chi connectivity index (χ0n) is 10.9. The number of piperidine rings is 1. The second-order valence-corrected chi connectivity index (χ2v) is 4.95. The number of carbonyl (C=O) groups excluding carboxylic acids is 1. The van der Waals surface area contributed by atoms with Crippen molar-refractivity contribution in [3.05, 3.63) is 0 Å². The molecular formula is C12H21F3N2O. The molecule has 1 saturated heterocycles. The van der Waals surface area contributed by atoms with Crippen LogP contribution in [0.4, 0.5) is 13.2 Å². The van der Waals surface area contributed by atoms with Crippen LogP contribution in [-0.4, -0.2) is 43.2 Å². The van der Waals surface area contributed by atoms with Crippen LogP contribution in [0.5, 0.6) is 0 Å². The van der Waals surface area contributed by atoms with Crippen molar-refractivity contribution in [2.45, 2.75) is 32.9 Å². The van der Waals surface area contributed by atoms with E-state index in [1.54, 1.807) is 6.92 Å². The number of halogens is 3. The molecule has 1 aliphatic rings. The summed E-state index contributed by atoms with van der Waals surface area (Å²) >= 11 is 0. The van der Waals surface area contributed by atoms with Gasteiger partial charge < -0.3 is 10.2 Å². The summed E-state index contributed by atoms with van der Waals surface area (Å²) in [4.78, 5) is 13.1. The van der Waals surface area contributed by atoms with Crippen molar-refractivity contribution >= 4 is 5.91 Å². The Morgan fingerprint density at radius 1 is 1.44 bits per heavy atom. The molecule has 1 heterocycles. The van der Waals surface area contributed by atoms with Crippen LogP contribution >= 0.6 is 0 Å². The van der Waals surface area contributed by atoms with Crippen molar-refractivity contribution in [1.29, 1.82) is 0 Å². The molecule has 2 atom stereocenters. The highest BCUT2D eigenvalue weighted by atomic mass is 19.4. The summed E-state index contributed by atoms with van der Waals surface area (Å²) < 4.78 is 37.3. The summed E-state index contributed by atoms with van der Waals surface area (Å²) in [7, 11) is 0. The van der Waals surface area contributed by atoms with Gasteiger partial charge in [0.2, 0.25) is 5.91 Å². The van der Waals surface area contributed by atoms with E-state index < -0.39 is 12.7 Å². The molecule has 3 nitrogen and oxygen atoms in total. The predicted octanol–water partition coefficient (Wildman–Crippen LogP) is 2.03. The standard InChI is InChI=1S/C12H21F3N2O/c1-3-6-17(8-12(13,14)15)11(18)10-4-5-16-7-9(10)2/h9-10,16H,3-8H2,1-2H3. The highest BCUT2D eigenvalue weighted by molar-refractivity contribution is 5.79. The molecular weight excluding hydrogens is 245 g/mol. The first kappa shape index (κ1) is 15.3. The molecule has 1 aliphatic heterocycles. The molecule has 0 spiro atoms. The van der Waals surface area contributed by atoms with Crippen LogP contribution in [0.3, 0.4) is 0 Å². The van der Waals surface area contributed by atoms with Crippen molar-refractivity contribution in [3.8, 4) is 0 Å². The van der Waals surface area contributed by atoms with E-state index in [9.17, 15) is 18.0 Å². The van der Waals surface area contributed by atoms with Crippen LogP contribution in [0, 0.1) is 11.8 Å². The van der Waals surface area contributed by atoms with Gasteiger partial charge in [-0.2, -0.15) is 13.2 Å². The fourth-order valence-electron chi connectivity index (χ4n) is 2.37. The van der Waals surface area contributed by atoms with E-state index in [2.05, 4.69) is 5.32 Å². The highest BCUT2D eigenvalue weighted by Gasteiger charge is 2.37. The van der Waals surface area contributed by atoms with Crippen LogP contribution in [0.1, 0.15) is 26.7 Å². The summed E-state index contributed by atoms with van der Waals surface area (Å²) in [6.45, 7) is 4.13. The maximum absolute atomic E-state index is 12.4. The molecule has 2 unspecified atom stereocenters. The third-order valence-corrected chi connectivity index (χ3v) is 3.28. The molecule has 1 fully saturated rings. The molecule has 0 aliphatic carbocycles. The van der Waals surface area contributed by atoms with Gasteiger partial charge in [0.25, 0.3) is 0 Å². The van der Waals surface area contributed by atoms with Gasteiger partial charge in [0.05, 0.1) is 0 Å². The number of amides is 1. The quantitative estimate of drug-likeness (QED) is 0.844. The molecule has 0 bridgehead atoms. The average molecular weight is 266 g/mol. The monoisotopic (exact) mass is 266 g/mol. The SMILES string of the molecule is CCCN(CC(F)(F)F)C(=O)C1CCNCC1C. The summed E-state index contributed by atoms with van der Waals surface area (Å²) in [5.74, 6) is -0.526. The zero-order valence-corrected chi connectivity index (χ0v) is 10.9. The Bertz CT molecular complexity index is 281. The van der Waals surface area contributed by atoms with Crippen LogP contribution in [0.2, 0.25) is 0 Å². The zero-order chi connectivity index (χ0) is 13.8.